The fourth-order valence-corrected chi connectivity index (χ4v) is 4.01. The van der Waals surface area contributed by atoms with Crippen LogP contribution in [0.3, 0.4) is 0 Å². The SMILES string of the molecule is Bn1cccc1/C(CCN)=C1N=C(/C=C/c2ccc(OC)c3ccccc23)C=C\1C. The summed E-state index contributed by atoms with van der Waals surface area (Å²) in [6, 6.07) is 16.6. The Kier molecular flexibility index (Phi) is 5.73. The van der Waals surface area contributed by atoms with Crippen LogP contribution in [-0.4, -0.2) is 31.8 Å². The number of nitrogens with zero attached hydrogens (tertiary/aromatic N) is 2. The molecule has 0 aliphatic carbocycles. The molecule has 0 bridgehead atoms. The fourth-order valence-electron chi connectivity index (χ4n) is 4.01. The number of allylic oxidation sites excluding steroid dienone is 3. The first-order valence-electron chi connectivity index (χ1n) is 10.2. The van der Waals surface area contributed by atoms with Gasteiger partial charge in [-0.3, -0.25) is 0 Å². The molecule has 0 amide bonds. The van der Waals surface area contributed by atoms with Gasteiger partial charge in [-0.2, -0.15) is 0 Å². The van der Waals surface area contributed by atoms with E-state index in [1.807, 2.05) is 12.1 Å². The summed E-state index contributed by atoms with van der Waals surface area (Å²) in [6.07, 6.45) is 9.19. The average Bonchev–Trinajstić information content (AvgIpc) is 3.35. The van der Waals surface area contributed by atoms with E-state index in [4.69, 9.17) is 15.5 Å². The Morgan fingerprint density at radius 3 is 2.60 bits per heavy atom. The Morgan fingerprint density at radius 2 is 1.90 bits per heavy atom. The van der Waals surface area contributed by atoms with Gasteiger partial charge in [0.15, 0.2) is 0 Å². The van der Waals surface area contributed by atoms with Gasteiger partial charge < -0.3 is 14.9 Å². The molecule has 2 heterocycles. The normalized spacial score (nSPS) is 15.6. The number of nitrogens with two attached hydrogens (primary N) is 1. The topological polar surface area (TPSA) is 52.5 Å². The zero-order chi connectivity index (χ0) is 21.1. The number of hydrogen-bond acceptors (Lipinski definition) is 3. The van der Waals surface area contributed by atoms with E-state index in [0.717, 1.165) is 39.9 Å². The predicted octanol–water partition coefficient (Wildman–Crippen LogP) is 4.22. The summed E-state index contributed by atoms with van der Waals surface area (Å²) in [6.45, 7) is 2.71. The number of ether oxygens (including phenoxy) is 1. The lowest BCUT2D eigenvalue weighted by Gasteiger charge is -2.11. The number of aromatic nitrogens is 1. The van der Waals surface area contributed by atoms with Gasteiger partial charge in [-0.15, -0.1) is 0 Å². The first kappa shape index (κ1) is 20.0. The second-order valence-electron chi connectivity index (χ2n) is 7.47. The summed E-state index contributed by atoms with van der Waals surface area (Å²) in [4.78, 5) is 4.94. The molecule has 0 spiro atoms. The van der Waals surface area contributed by atoms with Crippen LogP contribution >= 0.6 is 0 Å². The molecule has 30 heavy (non-hydrogen) atoms. The maximum Gasteiger partial charge on any atom is 0.223 e. The van der Waals surface area contributed by atoms with Crippen LogP contribution in [-0.2, 0) is 0 Å². The van der Waals surface area contributed by atoms with E-state index in [1.165, 1.54) is 16.8 Å². The van der Waals surface area contributed by atoms with Crippen molar-refractivity contribution in [3.8, 4) is 5.75 Å². The van der Waals surface area contributed by atoms with E-state index < -0.39 is 0 Å². The zero-order valence-corrected chi connectivity index (χ0v) is 17.7. The van der Waals surface area contributed by atoms with E-state index >= 15 is 0 Å². The van der Waals surface area contributed by atoms with Crippen molar-refractivity contribution >= 4 is 36.1 Å². The highest BCUT2D eigenvalue weighted by Gasteiger charge is 2.17. The van der Waals surface area contributed by atoms with Crippen molar-refractivity contribution in [1.29, 1.82) is 0 Å². The third-order valence-corrected chi connectivity index (χ3v) is 5.48. The summed E-state index contributed by atoms with van der Waals surface area (Å²) in [7, 11) is 3.76. The van der Waals surface area contributed by atoms with E-state index in [9.17, 15) is 0 Å². The lowest BCUT2D eigenvalue weighted by atomic mass is 10.0. The quantitative estimate of drug-likeness (QED) is 0.636. The lowest BCUT2D eigenvalue weighted by molar-refractivity contribution is 0.420. The van der Waals surface area contributed by atoms with Crippen molar-refractivity contribution in [3.63, 3.8) is 0 Å². The summed E-state index contributed by atoms with van der Waals surface area (Å²) < 4.78 is 7.63. The van der Waals surface area contributed by atoms with Crippen molar-refractivity contribution in [2.45, 2.75) is 13.3 Å². The van der Waals surface area contributed by atoms with Crippen LogP contribution in [0.1, 0.15) is 24.6 Å². The van der Waals surface area contributed by atoms with Crippen molar-refractivity contribution in [2.24, 2.45) is 10.7 Å². The van der Waals surface area contributed by atoms with Gasteiger partial charge in [0.05, 0.1) is 18.5 Å². The number of fused-ring (bicyclic) bond motifs is 1. The maximum absolute atomic E-state index is 5.91. The van der Waals surface area contributed by atoms with Gasteiger partial charge in [-0.1, -0.05) is 36.4 Å². The minimum atomic E-state index is 0.593. The minimum Gasteiger partial charge on any atom is -0.496 e. The first-order chi connectivity index (χ1) is 14.6. The van der Waals surface area contributed by atoms with Crippen molar-refractivity contribution in [3.05, 3.63) is 89.4 Å². The van der Waals surface area contributed by atoms with Crippen LogP contribution < -0.4 is 10.5 Å². The molecular weight excluding hydrogens is 369 g/mol. The van der Waals surface area contributed by atoms with Gasteiger partial charge in [0, 0.05) is 16.7 Å². The number of methoxy groups -OCH3 is 1. The molecule has 4 nitrogen and oxygen atoms in total. The Bertz CT molecular complexity index is 1210. The molecule has 1 aromatic heterocycles. The fraction of sp³-hybridized carbons (Fsp3) is 0.160. The van der Waals surface area contributed by atoms with Crippen LogP contribution in [0.15, 0.2) is 83.1 Å². The summed E-state index contributed by atoms with van der Waals surface area (Å²) in [5, 5.41) is 2.27. The zero-order valence-electron chi connectivity index (χ0n) is 17.7. The van der Waals surface area contributed by atoms with Crippen LogP contribution in [0.2, 0.25) is 0 Å². The molecule has 3 aromatic rings. The standard InChI is InChI=1S/C25H26BN3O/c1-17-16-19(28-25(17)22(13-14-27)23-8-5-15-29(23)26)11-9-18-10-12-24(30-2)21-7-4-3-6-20(18)21/h3-12,15-16H,13-14,26-27H2,1-2H3/b11-9+,25-22-. The number of benzene rings is 2. The Morgan fingerprint density at radius 1 is 1.10 bits per heavy atom. The molecule has 1 aliphatic rings. The molecule has 2 N–H and O–H groups in total. The van der Waals surface area contributed by atoms with Crippen LogP contribution in [0.4, 0.5) is 0 Å². The molecule has 0 saturated heterocycles. The second kappa shape index (κ2) is 8.60. The molecule has 4 rings (SSSR count). The van der Waals surface area contributed by atoms with Gasteiger partial charge >= 0.3 is 0 Å². The first-order valence-corrected chi connectivity index (χ1v) is 10.2. The Labute approximate surface area is 178 Å². The van der Waals surface area contributed by atoms with Crippen LogP contribution in [0.5, 0.6) is 5.75 Å². The number of hydrogen-bond donors (Lipinski definition) is 1. The summed E-state index contributed by atoms with van der Waals surface area (Å²) in [5.41, 5.74) is 12.6. The number of aliphatic imine (C=N–C) groups is 1. The monoisotopic (exact) mass is 395 g/mol. The molecule has 0 radical (unpaired) electrons. The van der Waals surface area contributed by atoms with Crippen molar-refractivity contribution in [2.75, 3.05) is 13.7 Å². The van der Waals surface area contributed by atoms with Crippen LogP contribution in [0, 0.1) is 0 Å². The molecule has 2 aromatic carbocycles. The number of rotatable bonds is 6. The largest absolute Gasteiger partial charge is 0.496 e. The van der Waals surface area contributed by atoms with E-state index in [0.29, 0.717) is 6.54 Å². The minimum absolute atomic E-state index is 0.593. The average molecular weight is 395 g/mol. The highest BCUT2D eigenvalue weighted by Crippen LogP contribution is 2.32. The molecule has 0 fully saturated rings. The Balaban J connectivity index is 1.72. The van der Waals surface area contributed by atoms with E-state index in [-0.39, 0.29) is 0 Å². The van der Waals surface area contributed by atoms with E-state index in [1.54, 1.807) is 7.11 Å². The molecule has 150 valence electrons. The molecular formula is C25H26BN3O. The van der Waals surface area contributed by atoms with Gasteiger partial charge in [-0.25, -0.2) is 4.99 Å². The van der Waals surface area contributed by atoms with Crippen LogP contribution in [0.25, 0.3) is 22.4 Å². The smallest absolute Gasteiger partial charge is 0.223 e. The maximum atomic E-state index is 5.91. The third kappa shape index (κ3) is 3.76. The van der Waals surface area contributed by atoms with Crippen molar-refractivity contribution in [1.82, 2.24) is 4.48 Å². The van der Waals surface area contributed by atoms with E-state index in [2.05, 4.69) is 80.2 Å². The van der Waals surface area contributed by atoms with Gasteiger partial charge in [0.2, 0.25) is 7.98 Å². The summed E-state index contributed by atoms with van der Waals surface area (Å²) >= 11 is 0. The molecule has 1 aliphatic heterocycles. The molecule has 0 atom stereocenters. The highest BCUT2D eigenvalue weighted by atomic mass is 16.5. The summed E-state index contributed by atoms with van der Waals surface area (Å²) in [5.74, 6) is 0.885. The molecule has 0 saturated carbocycles. The highest BCUT2D eigenvalue weighted by molar-refractivity contribution is 6.12. The third-order valence-electron chi connectivity index (χ3n) is 5.48. The predicted molar refractivity (Wildman–Crippen MR) is 130 cm³/mol. The molecule has 0 unspecified atom stereocenters. The van der Waals surface area contributed by atoms with Gasteiger partial charge in [0.1, 0.15) is 5.75 Å². The Hall–Kier alpha value is -3.31. The molecule has 5 heteroatoms. The second-order valence-corrected chi connectivity index (χ2v) is 7.47. The van der Waals surface area contributed by atoms with Gasteiger partial charge in [0.25, 0.3) is 0 Å². The lowest BCUT2D eigenvalue weighted by Crippen LogP contribution is -2.05. The van der Waals surface area contributed by atoms with Crippen molar-refractivity contribution < 1.29 is 4.74 Å². The van der Waals surface area contributed by atoms with Gasteiger partial charge in [-0.05, 0) is 73.0 Å².